The summed E-state index contributed by atoms with van der Waals surface area (Å²) in [4.78, 5) is 13.9. The normalized spacial score (nSPS) is 16.7. The molecule has 0 aliphatic carbocycles. The number of ether oxygens (including phenoxy) is 1. The maximum atomic E-state index is 10.9. The molecule has 6 nitrogen and oxygen atoms in total. The average Bonchev–Trinajstić information content (AvgIpc) is 2.65. The number of carbonyl (C=O) groups is 1. The van der Waals surface area contributed by atoms with Crippen LogP contribution in [0.3, 0.4) is 0 Å². The van der Waals surface area contributed by atoms with Crippen LogP contribution in [0.5, 0.6) is 0 Å². The van der Waals surface area contributed by atoms with Gasteiger partial charge in [0.05, 0.1) is 18.9 Å². The van der Waals surface area contributed by atoms with Crippen LogP contribution in [0.25, 0.3) is 0 Å². The number of aromatic nitrogens is 3. The summed E-state index contributed by atoms with van der Waals surface area (Å²) in [7, 11) is 0. The number of rotatable bonds is 2. The van der Waals surface area contributed by atoms with Crippen molar-refractivity contribution in [3.05, 3.63) is 12.4 Å². The Morgan fingerprint density at radius 1 is 1.50 bits per heavy atom. The summed E-state index contributed by atoms with van der Waals surface area (Å²) >= 11 is 0. The van der Waals surface area contributed by atoms with Crippen molar-refractivity contribution in [2.75, 3.05) is 13.2 Å². The smallest absolute Gasteiger partial charge is 0.411 e. The van der Waals surface area contributed by atoms with E-state index in [0.717, 1.165) is 0 Å². The molecule has 12 heavy (non-hydrogen) atoms. The number of hydrogen-bond acceptors (Lipinski definition) is 4. The number of cyclic esters (lactones) is 1. The first-order valence-electron chi connectivity index (χ1n) is 3.62. The molecule has 1 aliphatic heterocycles. The lowest BCUT2D eigenvalue weighted by atomic mass is 10.6. The predicted octanol–water partition coefficient (Wildman–Crippen LogP) is -0.312. The van der Waals surface area contributed by atoms with Gasteiger partial charge in [-0.1, -0.05) is 0 Å². The second kappa shape index (κ2) is 2.80. The third-order valence-corrected chi connectivity index (χ3v) is 1.61. The van der Waals surface area contributed by atoms with Crippen LogP contribution in [0.1, 0.15) is 0 Å². The van der Waals surface area contributed by atoms with E-state index in [4.69, 9.17) is 4.74 Å². The molecule has 2 heterocycles. The van der Waals surface area contributed by atoms with Crippen LogP contribution in [0.2, 0.25) is 0 Å². The Balaban J connectivity index is 1.99. The summed E-state index contributed by atoms with van der Waals surface area (Å²) in [6, 6.07) is 0. The van der Waals surface area contributed by atoms with Crippen LogP contribution in [0.4, 0.5) is 4.79 Å². The van der Waals surface area contributed by atoms with E-state index >= 15 is 0 Å². The van der Waals surface area contributed by atoms with Gasteiger partial charge in [-0.25, -0.2) is 4.79 Å². The average molecular weight is 168 g/mol. The van der Waals surface area contributed by atoms with Crippen LogP contribution in [0, 0.1) is 0 Å². The first-order chi connectivity index (χ1) is 5.86. The summed E-state index contributed by atoms with van der Waals surface area (Å²) in [5, 5.41) is 7.74. The van der Waals surface area contributed by atoms with Gasteiger partial charge in [-0.15, -0.1) is 0 Å². The zero-order valence-electron chi connectivity index (χ0n) is 6.38. The topological polar surface area (TPSA) is 60.2 Å². The Morgan fingerprint density at radius 2 is 2.25 bits per heavy atom. The van der Waals surface area contributed by atoms with E-state index in [2.05, 4.69) is 10.2 Å². The zero-order chi connectivity index (χ0) is 8.39. The second-order valence-corrected chi connectivity index (χ2v) is 2.42. The van der Waals surface area contributed by atoms with Gasteiger partial charge in [0.25, 0.3) is 0 Å². The summed E-state index contributed by atoms with van der Waals surface area (Å²) in [6.45, 7) is 1.44. The molecular weight excluding hydrogens is 160 g/mol. The third-order valence-electron chi connectivity index (χ3n) is 1.61. The molecule has 1 aromatic rings. The molecule has 0 atom stereocenters. The first kappa shape index (κ1) is 7.08. The molecular formula is C6H8N4O2. The highest BCUT2D eigenvalue weighted by molar-refractivity contribution is 5.68. The Labute approximate surface area is 68.7 Å². The molecule has 0 bridgehead atoms. The highest BCUT2D eigenvalue weighted by atomic mass is 16.6. The Hall–Kier alpha value is -1.59. The molecule has 64 valence electrons. The summed E-state index contributed by atoms with van der Waals surface area (Å²) in [5.41, 5.74) is 0. The minimum absolute atomic E-state index is 0.299. The first-order valence-corrected chi connectivity index (χ1v) is 3.62. The van der Waals surface area contributed by atoms with E-state index in [0.29, 0.717) is 19.8 Å². The minimum atomic E-state index is -0.299. The summed E-state index contributed by atoms with van der Waals surface area (Å²) in [6.07, 6.45) is 2.84. The largest absolute Gasteiger partial charge is 0.447 e. The molecule has 0 aromatic carbocycles. The van der Waals surface area contributed by atoms with Crippen molar-refractivity contribution in [2.24, 2.45) is 0 Å². The second-order valence-electron chi connectivity index (χ2n) is 2.42. The van der Waals surface area contributed by atoms with Crippen LogP contribution < -0.4 is 0 Å². The van der Waals surface area contributed by atoms with Crippen molar-refractivity contribution in [3.63, 3.8) is 0 Å². The van der Waals surface area contributed by atoms with Crippen molar-refractivity contribution >= 4 is 6.09 Å². The van der Waals surface area contributed by atoms with Gasteiger partial charge >= 0.3 is 6.09 Å². The monoisotopic (exact) mass is 168 g/mol. The fraction of sp³-hybridized carbons (Fsp3) is 0.500. The summed E-state index contributed by atoms with van der Waals surface area (Å²) in [5.74, 6) is 0. The molecule has 0 radical (unpaired) electrons. The van der Waals surface area contributed by atoms with Crippen molar-refractivity contribution in [2.45, 2.75) is 6.67 Å². The third kappa shape index (κ3) is 1.23. The Morgan fingerprint density at radius 3 is 2.83 bits per heavy atom. The lowest BCUT2D eigenvalue weighted by Gasteiger charge is -2.10. The van der Waals surface area contributed by atoms with Crippen LogP contribution in [-0.4, -0.2) is 39.1 Å². The Kier molecular flexibility index (Phi) is 1.65. The van der Waals surface area contributed by atoms with Crippen molar-refractivity contribution < 1.29 is 9.53 Å². The molecule has 1 aromatic heterocycles. The van der Waals surface area contributed by atoms with E-state index < -0.39 is 0 Å². The van der Waals surface area contributed by atoms with E-state index in [9.17, 15) is 4.79 Å². The van der Waals surface area contributed by atoms with Crippen molar-refractivity contribution in [1.29, 1.82) is 0 Å². The predicted molar refractivity (Wildman–Crippen MR) is 38.1 cm³/mol. The molecule has 0 saturated carbocycles. The number of carbonyl (C=O) groups excluding carboxylic acids is 1. The van der Waals surface area contributed by atoms with E-state index in [1.165, 1.54) is 4.80 Å². The van der Waals surface area contributed by atoms with E-state index in [1.54, 1.807) is 17.3 Å². The van der Waals surface area contributed by atoms with Crippen LogP contribution in [0.15, 0.2) is 12.4 Å². The van der Waals surface area contributed by atoms with Gasteiger partial charge in [0.1, 0.15) is 13.3 Å². The van der Waals surface area contributed by atoms with Gasteiger partial charge in [0, 0.05) is 0 Å². The number of nitrogens with zero attached hydrogens (tertiary/aromatic N) is 4. The molecule has 0 unspecified atom stereocenters. The highest BCUT2D eigenvalue weighted by Gasteiger charge is 2.22. The molecule has 2 rings (SSSR count). The van der Waals surface area contributed by atoms with Crippen molar-refractivity contribution in [3.8, 4) is 0 Å². The van der Waals surface area contributed by atoms with Gasteiger partial charge in [-0.3, -0.25) is 4.90 Å². The molecule has 0 N–H and O–H groups in total. The molecule has 1 aliphatic rings. The maximum absolute atomic E-state index is 10.9. The van der Waals surface area contributed by atoms with E-state index in [1.807, 2.05) is 0 Å². The SMILES string of the molecule is O=C1OCCN1Cn1nccn1. The Bertz CT molecular complexity index is 271. The minimum Gasteiger partial charge on any atom is -0.447 e. The molecule has 0 spiro atoms. The van der Waals surface area contributed by atoms with Gasteiger partial charge in [0.15, 0.2) is 0 Å². The summed E-state index contributed by atoms with van der Waals surface area (Å²) < 4.78 is 4.73. The highest BCUT2D eigenvalue weighted by Crippen LogP contribution is 2.03. The van der Waals surface area contributed by atoms with E-state index in [-0.39, 0.29) is 6.09 Å². The molecule has 1 saturated heterocycles. The van der Waals surface area contributed by atoms with Gasteiger partial charge in [-0.05, 0) is 0 Å². The maximum Gasteiger partial charge on any atom is 0.411 e. The number of amides is 1. The molecule has 1 fully saturated rings. The lowest BCUT2D eigenvalue weighted by Crippen LogP contribution is -2.28. The van der Waals surface area contributed by atoms with Crippen LogP contribution in [-0.2, 0) is 11.4 Å². The fourth-order valence-electron chi connectivity index (χ4n) is 1.02. The van der Waals surface area contributed by atoms with Crippen molar-refractivity contribution in [1.82, 2.24) is 19.9 Å². The standard InChI is InChI=1S/C6H8N4O2/c11-6-9(3-4-12-6)5-10-7-1-2-8-10/h1-2H,3-5H2. The van der Waals surface area contributed by atoms with Gasteiger partial charge < -0.3 is 4.74 Å². The quantitative estimate of drug-likeness (QED) is 0.607. The number of hydrogen-bond donors (Lipinski definition) is 0. The van der Waals surface area contributed by atoms with Crippen LogP contribution >= 0.6 is 0 Å². The molecule has 1 amide bonds. The van der Waals surface area contributed by atoms with Gasteiger partial charge in [0.2, 0.25) is 0 Å². The fourth-order valence-corrected chi connectivity index (χ4v) is 1.02. The molecule has 6 heteroatoms. The van der Waals surface area contributed by atoms with Gasteiger partial charge in [-0.2, -0.15) is 15.0 Å². The lowest BCUT2D eigenvalue weighted by molar-refractivity contribution is 0.147. The zero-order valence-corrected chi connectivity index (χ0v) is 6.38.